The Morgan fingerprint density at radius 3 is 2.50 bits per heavy atom. The lowest BCUT2D eigenvalue weighted by Crippen LogP contribution is -2.17. The van der Waals surface area contributed by atoms with E-state index < -0.39 is 0 Å². The molecular weight excluding hydrogens is 246 g/mol. The molecule has 0 amide bonds. The van der Waals surface area contributed by atoms with E-state index in [0.717, 1.165) is 11.1 Å². The predicted molar refractivity (Wildman–Crippen MR) is 74.6 cm³/mol. The highest BCUT2D eigenvalue weighted by atomic mass is 35.5. The lowest BCUT2D eigenvalue weighted by atomic mass is 10.1. The number of hydrogen-bond donors (Lipinski definition) is 0. The number of rotatable bonds is 1. The summed E-state index contributed by atoms with van der Waals surface area (Å²) >= 11 is 5.94. The highest BCUT2D eigenvalue weighted by molar-refractivity contribution is 6.31. The molecular formula is C15H10ClNO. The molecule has 0 fully saturated rings. The van der Waals surface area contributed by atoms with E-state index in [9.17, 15) is 4.79 Å². The summed E-state index contributed by atoms with van der Waals surface area (Å²) in [7, 11) is 0. The van der Waals surface area contributed by atoms with Gasteiger partial charge in [0.1, 0.15) is 0 Å². The number of nitrogens with zero attached hydrogens (tertiary/aromatic N) is 1. The fourth-order valence-corrected chi connectivity index (χ4v) is 2.18. The SMILES string of the molecule is O=c1c2cc(Cl)ccc2ccn1-c1ccccc1. The summed E-state index contributed by atoms with van der Waals surface area (Å²) < 4.78 is 1.62. The van der Waals surface area contributed by atoms with Gasteiger partial charge in [-0.15, -0.1) is 0 Å². The van der Waals surface area contributed by atoms with Gasteiger partial charge in [-0.2, -0.15) is 0 Å². The minimum atomic E-state index is -0.0544. The Kier molecular flexibility index (Phi) is 2.65. The van der Waals surface area contributed by atoms with Crippen LogP contribution in [-0.4, -0.2) is 4.57 Å². The second-order valence-corrected chi connectivity index (χ2v) is 4.49. The Hall–Kier alpha value is -2.06. The molecule has 2 aromatic carbocycles. The van der Waals surface area contributed by atoms with Crippen LogP contribution in [-0.2, 0) is 0 Å². The highest BCUT2D eigenvalue weighted by Crippen LogP contribution is 2.17. The van der Waals surface area contributed by atoms with Crippen LogP contribution >= 0.6 is 11.6 Å². The Morgan fingerprint density at radius 2 is 1.72 bits per heavy atom. The molecule has 88 valence electrons. The van der Waals surface area contributed by atoms with Gasteiger partial charge in [-0.05, 0) is 35.7 Å². The van der Waals surface area contributed by atoms with Crippen LogP contribution < -0.4 is 5.56 Å². The summed E-state index contributed by atoms with van der Waals surface area (Å²) in [5.74, 6) is 0. The first-order valence-corrected chi connectivity index (χ1v) is 6.00. The molecule has 2 nitrogen and oxygen atoms in total. The zero-order valence-corrected chi connectivity index (χ0v) is 10.3. The lowest BCUT2D eigenvalue weighted by molar-refractivity contribution is 1.01. The van der Waals surface area contributed by atoms with Gasteiger partial charge in [0.2, 0.25) is 0 Å². The number of aromatic nitrogens is 1. The van der Waals surface area contributed by atoms with Crippen molar-refractivity contribution in [2.45, 2.75) is 0 Å². The van der Waals surface area contributed by atoms with Crippen LogP contribution in [0.2, 0.25) is 5.02 Å². The van der Waals surface area contributed by atoms with E-state index in [2.05, 4.69) is 0 Å². The smallest absolute Gasteiger partial charge is 0.263 e. The second-order valence-electron chi connectivity index (χ2n) is 4.06. The minimum Gasteiger partial charge on any atom is -0.284 e. The van der Waals surface area contributed by atoms with E-state index in [0.29, 0.717) is 10.4 Å². The van der Waals surface area contributed by atoms with Crippen molar-refractivity contribution >= 4 is 22.4 Å². The highest BCUT2D eigenvalue weighted by Gasteiger charge is 2.04. The molecule has 0 aliphatic carbocycles. The van der Waals surface area contributed by atoms with Gasteiger partial charge in [0.15, 0.2) is 0 Å². The molecule has 0 aliphatic heterocycles. The molecule has 0 radical (unpaired) electrons. The molecule has 0 unspecified atom stereocenters. The van der Waals surface area contributed by atoms with Crippen molar-refractivity contribution in [3.05, 3.63) is 76.2 Å². The average molecular weight is 256 g/mol. The molecule has 0 saturated heterocycles. The monoisotopic (exact) mass is 255 g/mol. The number of halogens is 1. The molecule has 0 N–H and O–H groups in total. The third-order valence-corrected chi connectivity index (χ3v) is 3.14. The zero-order chi connectivity index (χ0) is 12.5. The number of fused-ring (bicyclic) bond motifs is 1. The van der Waals surface area contributed by atoms with Crippen LogP contribution in [0.15, 0.2) is 65.6 Å². The summed E-state index contributed by atoms with van der Waals surface area (Å²) in [5.41, 5.74) is 0.797. The topological polar surface area (TPSA) is 22.0 Å². The van der Waals surface area contributed by atoms with Crippen LogP contribution in [0.25, 0.3) is 16.5 Å². The van der Waals surface area contributed by atoms with Crippen molar-refractivity contribution in [1.29, 1.82) is 0 Å². The Bertz CT molecular complexity index is 762. The van der Waals surface area contributed by atoms with Gasteiger partial charge in [0, 0.05) is 22.3 Å². The van der Waals surface area contributed by atoms with E-state index in [-0.39, 0.29) is 5.56 Å². The van der Waals surface area contributed by atoms with Crippen LogP contribution in [0, 0.1) is 0 Å². The molecule has 3 rings (SSSR count). The second kappa shape index (κ2) is 4.31. The van der Waals surface area contributed by atoms with Crippen molar-refractivity contribution in [3.8, 4) is 5.69 Å². The van der Waals surface area contributed by atoms with Crippen molar-refractivity contribution in [3.63, 3.8) is 0 Å². The van der Waals surface area contributed by atoms with Crippen molar-refractivity contribution < 1.29 is 0 Å². The summed E-state index contributed by atoms with van der Waals surface area (Å²) in [6, 6.07) is 16.8. The van der Waals surface area contributed by atoms with Gasteiger partial charge >= 0.3 is 0 Å². The molecule has 0 atom stereocenters. The first kappa shape index (κ1) is 11.1. The largest absolute Gasteiger partial charge is 0.284 e. The molecule has 0 saturated carbocycles. The van der Waals surface area contributed by atoms with Gasteiger partial charge < -0.3 is 0 Å². The Balaban J connectivity index is 2.33. The molecule has 1 heterocycles. The quantitative estimate of drug-likeness (QED) is 0.651. The first-order valence-electron chi connectivity index (χ1n) is 5.62. The van der Waals surface area contributed by atoms with Crippen LogP contribution in [0.5, 0.6) is 0 Å². The fraction of sp³-hybridized carbons (Fsp3) is 0. The molecule has 0 spiro atoms. The first-order chi connectivity index (χ1) is 8.75. The summed E-state index contributed by atoms with van der Waals surface area (Å²) in [6.45, 7) is 0. The third-order valence-electron chi connectivity index (χ3n) is 2.90. The molecule has 0 aliphatic rings. The normalized spacial score (nSPS) is 10.7. The number of para-hydroxylation sites is 1. The van der Waals surface area contributed by atoms with Gasteiger partial charge in [-0.1, -0.05) is 35.9 Å². The van der Waals surface area contributed by atoms with Gasteiger partial charge in [-0.25, -0.2) is 0 Å². The Morgan fingerprint density at radius 1 is 0.944 bits per heavy atom. The summed E-state index contributed by atoms with van der Waals surface area (Å²) in [5, 5.41) is 2.11. The number of hydrogen-bond acceptors (Lipinski definition) is 1. The average Bonchev–Trinajstić information content (AvgIpc) is 2.41. The van der Waals surface area contributed by atoms with E-state index in [1.54, 1.807) is 22.9 Å². The third kappa shape index (κ3) is 1.81. The standard InChI is InChI=1S/C15H10ClNO/c16-12-7-6-11-8-9-17(15(18)14(11)10-12)13-4-2-1-3-5-13/h1-10H. The van der Waals surface area contributed by atoms with E-state index >= 15 is 0 Å². The maximum absolute atomic E-state index is 12.4. The van der Waals surface area contributed by atoms with Crippen LogP contribution in [0.3, 0.4) is 0 Å². The van der Waals surface area contributed by atoms with Gasteiger partial charge in [0.05, 0.1) is 0 Å². The van der Waals surface area contributed by atoms with Gasteiger partial charge in [-0.3, -0.25) is 9.36 Å². The Labute approximate surface area is 109 Å². The summed E-state index contributed by atoms with van der Waals surface area (Å²) in [4.78, 5) is 12.4. The van der Waals surface area contributed by atoms with Gasteiger partial charge in [0.25, 0.3) is 5.56 Å². The van der Waals surface area contributed by atoms with Crippen LogP contribution in [0.1, 0.15) is 0 Å². The summed E-state index contributed by atoms with van der Waals surface area (Å²) in [6.07, 6.45) is 1.79. The van der Waals surface area contributed by atoms with Crippen molar-refractivity contribution in [1.82, 2.24) is 4.57 Å². The zero-order valence-electron chi connectivity index (χ0n) is 9.51. The minimum absolute atomic E-state index is 0.0544. The number of benzene rings is 2. The van der Waals surface area contributed by atoms with E-state index in [1.165, 1.54) is 0 Å². The number of pyridine rings is 1. The molecule has 18 heavy (non-hydrogen) atoms. The van der Waals surface area contributed by atoms with E-state index in [1.807, 2.05) is 42.5 Å². The maximum Gasteiger partial charge on any atom is 0.263 e. The lowest BCUT2D eigenvalue weighted by Gasteiger charge is -2.07. The molecule has 3 heteroatoms. The molecule has 1 aromatic heterocycles. The van der Waals surface area contributed by atoms with Crippen LogP contribution in [0.4, 0.5) is 0 Å². The maximum atomic E-state index is 12.4. The van der Waals surface area contributed by atoms with Crippen molar-refractivity contribution in [2.75, 3.05) is 0 Å². The predicted octanol–water partition coefficient (Wildman–Crippen LogP) is 3.64. The van der Waals surface area contributed by atoms with Crippen molar-refractivity contribution in [2.24, 2.45) is 0 Å². The molecule has 0 bridgehead atoms. The fourth-order valence-electron chi connectivity index (χ4n) is 2.00. The van der Waals surface area contributed by atoms with E-state index in [4.69, 9.17) is 11.6 Å². The molecule has 3 aromatic rings.